The number of hydrogen-bond donors (Lipinski definition) is 1. The number of ether oxygens (including phenoxy) is 1. The minimum atomic E-state index is -0.443. The van der Waals surface area contributed by atoms with Crippen molar-refractivity contribution in [2.24, 2.45) is 0 Å². The summed E-state index contributed by atoms with van der Waals surface area (Å²) in [6.45, 7) is 14.1. The molecule has 2 rings (SSSR count). The molecule has 0 amide bonds. The van der Waals surface area contributed by atoms with E-state index >= 15 is 0 Å². The number of rotatable bonds is 6. The highest BCUT2D eigenvalue weighted by Gasteiger charge is 2.43. The normalized spacial score (nSPS) is 21.1. The molecule has 1 N–H and O–H groups in total. The van der Waals surface area contributed by atoms with Crippen molar-refractivity contribution in [1.29, 1.82) is 0 Å². The molecule has 1 aromatic rings. The highest BCUT2D eigenvalue weighted by Crippen LogP contribution is 2.39. The van der Waals surface area contributed by atoms with Gasteiger partial charge in [-0.15, -0.1) is 11.8 Å². The van der Waals surface area contributed by atoms with Crippen molar-refractivity contribution in [1.82, 2.24) is 4.81 Å². The fourth-order valence-electron chi connectivity index (χ4n) is 3.57. The van der Waals surface area contributed by atoms with Crippen LogP contribution in [-0.2, 0) is 11.3 Å². The van der Waals surface area contributed by atoms with E-state index in [4.69, 9.17) is 4.74 Å². The predicted octanol–water partition coefficient (Wildman–Crippen LogP) is 3.90. The Hall–Kier alpha value is -0.485. The molecule has 1 fully saturated rings. The maximum absolute atomic E-state index is 10.1. The molecule has 23 heavy (non-hydrogen) atoms. The minimum absolute atomic E-state index is 0.0301. The summed E-state index contributed by atoms with van der Waals surface area (Å²) in [7, 11) is -0.443. The van der Waals surface area contributed by atoms with E-state index in [2.05, 4.69) is 57.6 Å². The van der Waals surface area contributed by atoms with Gasteiger partial charge in [-0.2, -0.15) is 0 Å². The molecule has 3 nitrogen and oxygen atoms in total. The lowest BCUT2D eigenvalue weighted by Crippen LogP contribution is -2.52. The first kappa shape index (κ1) is 18.8. The summed E-state index contributed by atoms with van der Waals surface area (Å²) in [4.78, 5) is 2.13. The molecule has 128 valence electrons. The first-order valence-electron chi connectivity index (χ1n) is 8.50. The molecule has 1 unspecified atom stereocenters. The molecule has 0 aromatic heterocycles. The van der Waals surface area contributed by atoms with Crippen molar-refractivity contribution in [3.8, 4) is 0 Å². The van der Waals surface area contributed by atoms with E-state index in [9.17, 15) is 5.02 Å². The summed E-state index contributed by atoms with van der Waals surface area (Å²) < 4.78 is 5.97. The Labute approximate surface area is 145 Å². The van der Waals surface area contributed by atoms with Gasteiger partial charge in [-0.25, -0.2) is 0 Å². The Bertz CT molecular complexity index is 534. The fourth-order valence-corrected chi connectivity index (χ4v) is 4.87. The van der Waals surface area contributed by atoms with Gasteiger partial charge in [-0.3, -0.25) is 4.81 Å². The molecule has 5 heteroatoms. The van der Waals surface area contributed by atoms with E-state index in [0.717, 1.165) is 5.75 Å². The first-order valence-corrected chi connectivity index (χ1v) is 9.48. The van der Waals surface area contributed by atoms with Gasteiger partial charge in [0.2, 0.25) is 0 Å². The standard InChI is InChI=1S/C18H30BNO2S/c1-13(2)17-8-7-15(9-14(17)3)10-22-11-16-12-23-18(4,5)20(16)19(6)21/h7-9,13,16,21H,10-12H2,1-6H3. The van der Waals surface area contributed by atoms with E-state index in [0.29, 0.717) is 19.1 Å². The zero-order chi connectivity index (χ0) is 17.2. The van der Waals surface area contributed by atoms with E-state index in [-0.39, 0.29) is 10.9 Å². The van der Waals surface area contributed by atoms with Crippen molar-refractivity contribution in [2.75, 3.05) is 12.4 Å². The second-order valence-electron chi connectivity index (χ2n) is 7.31. The van der Waals surface area contributed by atoms with Crippen molar-refractivity contribution < 1.29 is 9.76 Å². The summed E-state index contributed by atoms with van der Waals surface area (Å²) in [6, 6.07) is 6.89. The summed E-state index contributed by atoms with van der Waals surface area (Å²) in [5.41, 5.74) is 3.97. The molecule has 0 spiro atoms. The predicted molar refractivity (Wildman–Crippen MR) is 101 cm³/mol. The van der Waals surface area contributed by atoms with Crippen LogP contribution in [0.4, 0.5) is 0 Å². The number of benzene rings is 1. The number of nitrogens with zero attached hydrogens (tertiary/aromatic N) is 1. The van der Waals surface area contributed by atoms with Crippen molar-refractivity contribution in [2.45, 2.75) is 64.9 Å². The minimum Gasteiger partial charge on any atom is -0.437 e. The Morgan fingerprint density at radius 1 is 1.43 bits per heavy atom. The third-order valence-corrected chi connectivity index (χ3v) is 6.05. The lowest BCUT2D eigenvalue weighted by atomic mass is 9.81. The molecule has 0 aliphatic carbocycles. The van der Waals surface area contributed by atoms with Crippen molar-refractivity contribution in [3.05, 3.63) is 34.9 Å². The van der Waals surface area contributed by atoms with Gasteiger partial charge in [0.05, 0.1) is 18.1 Å². The lowest BCUT2D eigenvalue weighted by molar-refractivity contribution is 0.0733. The van der Waals surface area contributed by atoms with Crippen LogP contribution in [0.3, 0.4) is 0 Å². The Balaban J connectivity index is 1.91. The first-order chi connectivity index (χ1) is 10.7. The lowest BCUT2D eigenvalue weighted by Gasteiger charge is -2.35. The van der Waals surface area contributed by atoms with Crippen LogP contribution >= 0.6 is 11.8 Å². The van der Waals surface area contributed by atoms with Crippen LogP contribution < -0.4 is 0 Å². The molecule has 1 aromatic carbocycles. The van der Waals surface area contributed by atoms with Gasteiger partial charge in [0.1, 0.15) is 0 Å². The largest absolute Gasteiger partial charge is 0.437 e. The maximum Gasteiger partial charge on any atom is 0.377 e. The molecular formula is C18H30BNO2S. The number of aryl methyl sites for hydroxylation is 1. The van der Waals surface area contributed by atoms with Gasteiger partial charge >= 0.3 is 7.05 Å². The number of hydrogen-bond acceptors (Lipinski definition) is 4. The van der Waals surface area contributed by atoms with Crippen LogP contribution in [0.5, 0.6) is 0 Å². The highest BCUT2D eigenvalue weighted by molar-refractivity contribution is 8.00. The van der Waals surface area contributed by atoms with Crippen LogP contribution in [0.25, 0.3) is 0 Å². The van der Waals surface area contributed by atoms with Gasteiger partial charge in [0.15, 0.2) is 0 Å². The highest BCUT2D eigenvalue weighted by atomic mass is 32.2. The topological polar surface area (TPSA) is 32.7 Å². The quantitative estimate of drug-likeness (QED) is 0.799. The molecule has 1 heterocycles. The van der Waals surface area contributed by atoms with Gasteiger partial charge in [0, 0.05) is 11.8 Å². The van der Waals surface area contributed by atoms with E-state index in [1.165, 1.54) is 16.7 Å². The second-order valence-corrected chi connectivity index (χ2v) is 8.93. The molecule has 0 bridgehead atoms. The van der Waals surface area contributed by atoms with Crippen LogP contribution in [0.1, 0.15) is 50.3 Å². The molecule has 0 radical (unpaired) electrons. The monoisotopic (exact) mass is 335 g/mol. The molecular weight excluding hydrogens is 305 g/mol. The van der Waals surface area contributed by atoms with E-state index in [1.54, 1.807) is 0 Å². The second kappa shape index (κ2) is 7.60. The van der Waals surface area contributed by atoms with Gasteiger partial charge < -0.3 is 9.76 Å². The molecule has 1 aliphatic rings. The number of thioether (sulfide) groups is 1. The zero-order valence-electron chi connectivity index (χ0n) is 15.3. The summed E-state index contributed by atoms with van der Waals surface area (Å²) in [6.07, 6.45) is 0. The average Bonchev–Trinajstić information content (AvgIpc) is 2.73. The smallest absolute Gasteiger partial charge is 0.377 e. The van der Waals surface area contributed by atoms with Crippen LogP contribution in [0.2, 0.25) is 6.82 Å². The Morgan fingerprint density at radius 2 is 2.13 bits per heavy atom. The SMILES string of the molecule is CB(O)N1C(COCc2ccc(C(C)C)c(C)c2)CSC1(C)C. The molecule has 1 aliphatic heterocycles. The van der Waals surface area contributed by atoms with E-state index in [1.807, 2.05) is 18.6 Å². The Morgan fingerprint density at radius 3 is 2.70 bits per heavy atom. The third kappa shape index (κ3) is 4.53. The molecule has 1 saturated heterocycles. The van der Waals surface area contributed by atoms with Gasteiger partial charge in [-0.05, 0) is 50.2 Å². The summed E-state index contributed by atoms with van der Waals surface area (Å²) >= 11 is 1.88. The molecule has 0 saturated carbocycles. The summed E-state index contributed by atoms with van der Waals surface area (Å²) in [5, 5.41) is 10.1. The fraction of sp³-hybridized carbons (Fsp3) is 0.667. The van der Waals surface area contributed by atoms with Crippen LogP contribution in [0.15, 0.2) is 18.2 Å². The van der Waals surface area contributed by atoms with Crippen molar-refractivity contribution in [3.63, 3.8) is 0 Å². The van der Waals surface area contributed by atoms with Crippen LogP contribution in [0, 0.1) is 6.92 Å². The van der Waals surface area contributed by atoms with Gasteiger partial charge in [0.25, 0.3) is 0 Å². The Kier molecular flexibility index (Phi) is 6.23. The molecule has 1 atom stereocenters. The van der Waals surface area contributed by atoms with Gasteiger partial charge in [-0.1, -0.05) is 32.0 Å². The summed E-state index contributed by atoms with van der Waals surface area (Å²) in [5.74, 6) is 1.56. The van der Waals surface area contributed by atoms with Crippen LogP contribution in [-0.4, -0.2) is 40.2 Å². The zero-order valence-corrected chi connectivity index (χ0v) is 16.1. The third-order valence-electron chi connectivity index (χ3n) is 4.58. The maximum atomic E-state index is 10.1. The average molecular weight is 335 g/mol. The van der Waals surface area contributed by atoms with E-state index < -0.39 is 7.05 Å². The van der Waals surface area contributed by atoms with Crippen molar-refractivity contribution >= 4 is 18.8 Å².